The third kappa shape index (κ3) is 3.55. The molecule has 1 aromatic carbocycles. The number of benzene rings is 1. The van der Waals surface area contributed by atoms with Gasteiger partial charge < -0.3 is 10.1 Å². The molecular weight excluding hydrogens is 240 g/mol. The summed E-state index contributed by atoms with van der Waals surface area (Å²) in [6.45, 7) is 2.00. The average Bonchev–Trinajstić information content (AvgIpc) is 2.36. The lowest BCUT2D eigenvalue weighted by molar-refractivity contribution is -0.384. The van der Waals surface area contributed by atoms with Crippen LogP contribution in [0.15, 0.2) is 18.2 Å². The van der Waals surface area contributed by atoms with Crippen LogP contribution >= 0.6 is 0 Å². The van der Waals surface area contributed by atoms with E-state index in [1.165, 1.54) is 12.1 Å². The Bertz CT molecular complexity index is 473. The second-order valence-electron chi connectivity index (χ2n) is 3.34. The number of carbonyl (C=O) groups is 2. The molecule has 0 aromatic heterocycles. The van der Waals surface area contributed by atoms with Crippen LogP contribution in [-0.2, 0) is 4.79 Å². The topological polar surface area (TPSA) is 98.5 Å². The molecule has 0 saturated heterocycles. The number of hydrogen-bond acceptors (Lipinski definition) is 5. The maximum atomic E-state index is 11.2. The number of nitro groups is 1. The summed E-state index contributed by atoms with van der Waals surface area (Å²) < 4.78 is 5.11. The van der Waals surface area contributed by atoms with Gasteiger partial charge in [0.1, 0.15) is 5.75 Å². The molecule has 0 bridgehead atoms. The monoisotopic (exact) mass is 252 g/mol. The molecule has 1 N–H and O–H groups in total. The van der Waals surface area contributed by atoms with E-state index in [2.05, 4.69) is 5.32 Å². The van der Waals surface area contributed by atoms with Crippen molar-refractivity contribution < 1.29 is 19.2 Å². The maximum Gasteiger partial charge on any atom is 0.270 e. The molecule has 96 valence electrons. The SMILES string of the molecule is CCNC(=O)COc1ccc([N+](=O)[O-])cc1C=O. The Morgan fingerprint density at radius 2 is 2.28 bits per heavy atom. The summed E-state index contributed by atoms with van der Waals surface area (Å²) in [5.41, 5.74) is -0.170. The molecule has 0 atom stereocenters. The van der Waals surface area contributed by atoms with Crippen molar-refractivity contribution in [1.82, 2.24) is 5.32 Å². The van der Waals surface area contributed by atoms with Gasteiger partial charge in [-0.05, 0) is 13.0 Å². The summed E-state index contributed by atoms with van der Waals surface area (Å²) in [6.07, 6.45) is 0.445. The summed E-state index contributed by atoms with van der Waals surface area (Å²) >= 11 is 0. The van der Waals surface area contributed by atoms with Crippen LogP contribution in [0.25, 0.3) is 0 Å². The quantitative estimate of drug-likeness (QED) is 0.461. The standard InChI is InChI=1S/C11H12N2O5/c1-2-12-11(15)7-18-10-4-3-9(13(16)17)5-8(10)6-14/h3-6H,2,7H2,1H3,(H,12,15). The highest BCUT2D eigenvalue weighted by Crippen LogP contribution is 2.22. The first-order valence-electron chi connectivity index (χ1n) is 5.21. The molecule has 0 aliphatic rings. The zero-order valence-electron chi connectivity index (χ0n) is 9.71. The van der Waals surface area contributed by atoms with Gasteiger partial charge in [-0.1, -0.05) is 0 Å². The van der Waals surface area contributed by atoms with Gasteiger partial charge in [0.25, 0.3) is 11.6 Å². The molecule has 18 heavy (non-hydrogen) atoms. The second-order valence-corrected chi connectivity index (χ2v) is 3.34. The van der Waals surface area contributed by atoms with Crippen molar-refractivity contribution in [2.75, 3.05) is 13.2 Å². The Hall–Kier alpha value is -2.44. The van der Waals surface area contributed by atoms with E-state index in [4.69, 9.17) is 4.74 Å². The van der Waals surface area contributed by atoms with Gasteiger partial charge in [0.15, 0.2) is 12.9 Å². The van der Waals surface area contributed by atoms with Gasteiger partial charge in [-0.15, -0.1) is 0 Å². The molecule has 1 aromatic rings. The van der Waals surface area contributed by atoms with E-state index < -0.39 is 4.92 Å². The summed E-state index contributed by atoms with van der Waals surface area (Å²) in [6, 6.07) is 3.60. The number of carbonyl (C=O) groups excluding carboxylic acids is 2. The smallest absolute Gasteiger partial charge is 0.270 e. The molecule has 0 aliphatic heterocycles. The Labute approximate surface area is 103 Å². The number of nitrogens with one attached hydrogen (secondary N) is 1. The number of ether oxygens (including phenoxy) is 1. The van der Waals surface area contributed by atoms with Gasteiger partial charge >= 0.3 is 0 Å². The minimum Gasteiger partial charge on any atom is -0.483 e. The maximum absolute atomic E-state index is 11.2. The van der Waals surface area contributed by atoms with E-state index in [1.54, 1.807) is 6.92 Å². The molecule has 1 rings (SSSR count). The third-order valence-corrected chi connectivity index (χ3v) is 2.06. The van der Waals surface area contributed by atoms with Crippen LogP contribution in [0.4, 0.5) is 5.69 Å². The van der Waals surface area contributed by atoms with Crippen molar-refractivity contribution >= 4 is 17.9 Å². The fourth-order valence-corrected chi connectivity index (χ4v) is 1.26. The lowest BCUT2D eigenvalue weighted by atomic mass is 10.2. The van der Waals surface area contributed by atoms with Crippen LogP contribution in [-0.4, -0.2) is 30.3 Å². The minimum atomic E-state index is -0.611. The first-order chi connectivity index (χ1) is 8.58. The summed E-state index contributed by atoms with van der Waals surface area (Å²) in [5, 5.41) is 13.0. The van der Waals surface area contributed by atoms with Crippen molar-refractivity contribution in [2.24, 2.45) is 0 Å². The molecule has 0 heterocycles. The van der Waals surface area contributed by atoms with Crippen molar-refractivity contribution in [1.29, 1.82) is 0 Å². The van der Waals surface area contributed by atoms with E-state index in [0.717, 1.165) is 6.07 Å². The molecule has 0 spiro atoms. The van der Waals surface area contributed by atoms with E-state index in [-0.39, 0.29) is 29.5 Å². The molecule has 7 heteroatoms. The number of hydrogen-bond donors (Lipinski definition) is 1. The van der Waals surface area contributed by atoms with Crippen molar-refractivity contribution in [3.05, 3.63) is 33.9 Å². The Kier molecular flexibility index (Phi) is 4.79. The largest absolute Gasteiger partial charge is 0.483 e. The third-order valence-electron chi connectivity index (χ3n) is 2.06. The van der Waals surface area contributed by atoms with Gasteiger partial charge in [0, 0.05) is 18.7 Å². The van der Waals surface area contributed by atoms with Crippen LogP contribution in [0.1, 0.15) is 17.3 Å². The van der Waals surface area contributed by atoms with Crippen LogP contribution in [0.3, 0.4) is 0 Å². The lowest BCUT2D eigenvalue weighted by Crippen LogP contribution is -2.28. The van der Waals surface area contributed by atoms with E-state index >= 15 is 0 Å². The van der Waals surface area contributed by atoms with Crippen LogP contribution in [0, 0.1) is 10.1 Å². The lowest BCUT2D eigenvalue weighted by Gasteiger charge is -2.07. The zero-order valence-corrected chi connectivity index (χ0v) is 9.71. The molecule has 0 fully saturated rings. The summed E-state index contributed by atoms with van der Waals surface area (Å²) in [7, 11) is 0. The number of aldehydes is 1. The molecule has 7 nitrogen and oxygen atoms in total. The number of nitro benzene ring substituents is 1. The highest BCUT2D eigenvalue weighted by atomic mass is 16.6. The summed E-state index contributed by atoms with van der Waals surface area (Å²) in [5.74, 6) is -0.186. The Morgan fingerprint density at radius 3 is 2.83 bits per heavy atom. The predicted octanol–water partition coefficient (Wildman–Crippen LogP) is 0.922. The molecule has 1 amide bonds. The minimum absolute atomic E-state index is 0.0356. The van der Waals surface area contributed by atoms with Gasteiger partial charge in [-0.25, -0.2) is 0 Å². The normalized spacial score (nSPS) is 9.61. The van der Waals surface area contributed by atoms with E-state index in [1.807, 2.05) is 0 Å². The van der Waals surface area contributed by atoms with Gasteiger partial charge in [-0.3, -0.25) is 19.7 Å². The van der Waals surface area contributed by atoms with E-state index in [9.17, 15) is 19.7 Å². The highest BCUT2D eigenvalue weighted by Gasteiger charge is 2.12. The molecule has 0 saturated carbocycles. The Morgan fingerprint density at radius 1 is 1.56 bits per heavy atom. The van der Waals surface area contributed by atoms with Gasteiger partial charge in [0.2, 0.25) is 0 Å². The van der Waals surface area contributed by atoms with Gasteiger partial charge in [0.05, 0.1) is 10.5 Å². The van der Waals surface area contributed by atoms with Crippen molar-refractivity contribution in [2.45, 2.75) is 6.92 Å². The van der Waals surface area contributed by atoms with Gasteiger partial charge in [-0.2, -0.15) is 0 Å². The first-order valence-corrected chi connectivity index (χ1v) is 5.21. The van der Waals surface area contributed by atoms with Crippen molar-refractivity contribution in [3.8, 4) is 5.75 Å². The number of amides is 1. The van der Waals surface area contributed by atoms with Crippen LogP contribution < -0.4 is 10.1 Å². The predicted molar refractivity (Wildman–Crippen MR) is 62.7 cm³/mol. The molecule has 0 unspecified atom stereocenters. The van der Waals surface area contributed by atoms with E-state index in [0.29, 0.717) is 12.8 Å². The van der Waals surface area contributed by atoms with Crippen molar-refractivity contribution in [3.63, 3.8) is 0 Å². The Balaban J connectivity index is 2.80. The fraction of sp³-hybridized carbons (Fsp3) is 0.273. The van der Waals surface area contributed by atoms with Crippen LogP contribution in [0.2, 0.25) is 0 Å². The number of nitrogens with zero attached hydrogens (tertiary/aromatic N) is 1. The summed E-state index contributed by atoms with van der Waals surface area (Å²) in [4.78, 5) is 31.8. The molecule has 0 radical (unpaired) electrons. The highest BCUT2D eigenvalue weighted by molar-refractivity contribution is 5.81. The average molecular weight is 252 g/mol. The zero-order chi connectivity index (χ0) is 13.5. The molecule has 0 aliphatic carbocycles. The number of rotatable bonds is 6. The number of likely N-dealkylation sites (N-methyl/N-ethyl adjacent to an activating group) is 1. The molecular formula is C11H12N2O5. The van der Waals surface area contributed by atoms with Crippen LogP contribution in [0.5, 0.6) is 5.75 Å². The number of non-ortho nitro benzene ring substituents is 1. The fourth-order valence-electron chi connectivity index (χ4n) is 1.26. The second kappa shape index (κ2) is 6.33. The first kappa shape index (κ1) is 13.6.